The largest absolute Gasteiger partial charge is 0.354 e. The van der Waals surface area contributed by atoms with Gasteiger partial charge in [0.1, 0.15) is 0 Å². The van der Waals surface area contributed by atoms with Gasteiger partial charge in [0.15, 0.2) is 0 Å². The van der Waals surface area contributed by atoms with Crippen molar-refractivity contribution in [3.63, 3.8) is 0 Å². The van der Waals surface area contributed by atoms with Crippen LogP contribution in [-0.4, -0.2) is 27.4 Å². The molecule has 0 spiro atoms. The van der Waals surface area contributed by atoms with E-state index in [-0.39, 0.29) is 30.3 Å². The maximum absolute atomic E-state index is 12.1. The third kappa shape index (κ3) is 5.71. The molecule has 0 unspecified atom stereocenters. The average Bonchev–Trinajstić information content (AvgIpc) is 2.56. The Hall–Kier alpha value is -1.60. The minimum atomic E-state index is -3.59. The second-order valence-corrected chi connectivity index (χ2v) is 8.02. The fourth-order valence-corrected chi connectivity index (χ4v) is 3.68. The summed E-state index contributed by atoms with van der Waals surface area (Å²) in [6.45, 7) is 2.12. The minimum absolute atomic E-state index is 0.0310. The quantitative estimate of drug-likeness (QED) is 0.701. The fraction of sp³-hybridized carbons (Fsp3) is 0.235. The summed E-state index contributed by atoms with van der Waals surface area (Å²) in [6, 6.07) is 11.5. The molecule has 5 nitrogen and oxygen atoms in total. The van der Waals surface area contributed by atoms with Crippen molar-refractivity contribution in [3.8, 4) is 0 Å². The van der Waals surface area contributed by atoms with Crippen molar-refractivity contribution in [3.05, 3.63) is 63.6 Å². The van der Waals surface area contributed by atoms with Gasteiger partial charge in [-0.05, 0) is 36.8 Å². The monoisotopic (exact) mass is 400 g/mol. The second-order valence-electron chi connectivity index (χ2n) is 5.44. The van der Waals surface area contributed by atoms with E-state index < -0.39 is 10.0 Å². The number of amides is 1. The lowest BCUT2D eigenvalue weighted by Gasteiger charge is -2.10. The van der Waals surface area contributed by atoms with Gasteiger partial charge in [0.2, 0.25) is 15.9 Å². The first-order chi connectivity index (χ1) is 11.8. The molecule has 2 N–H and O–H groups in total. The van der Waals surface area contributed by atoms with E-state index in [0.29, 0.717) is 15.6 Å². The van der Waals surface area contributed by atoms with Gasteiger partial charge in [-0.25, -0.2) is 13.1 Å². The summed E-state index contributed by atoms with van der Waals surface area (Å²) in [7, 11) is -3.59. The summed E-state index contributed by atoms with van der Waals surface area (Å²) in [5.74, 6) is -0.287. The van der Waals surface area contributed by atoms with E-state index in [1.165, 1.54) is 12.1 Å². The van der Waals surface area contributed by atoms with E-state index in [0.717, 1.165) is 5.56 Å². The summed E-state index contributed by atoms with van der Waals surface area (Å²) in [6.07, 6.45) is 0.0310. The normalized spacial score (nSPS) is 11.3. The number of carbonyl (C=O) groups excluding carboxylic acids is 1. The van der Waals surface area contributed by atoms with Crippen molar-refractivity contribution in [2.45, 2.75) is 18.2 Å². The van der Waals surface area contributed by atoms with Crippen LogP contribution in [0.5, 0.6) is 0 Å². The molecule has 0 atom stereocenters. The first-order valence-corrected chi connectivity index (χ1v) is 9.79. The molecule has 2 aromatic rings. The van der Waals surface area contributed by atoms with Gasteiger partial charge in [-0.3, -0.25) is 4.79 Å². The summed E-state index contributed by atoms with van der Waals surface area (Å²) in [4.78, 5) is 12.1. The Kier molecular flexibility index (Phi) is 6.84. The Morgan fingerprint density at radius 2 is 1.60 bits per heavy atom. The number of hydrogen-bond donors (Lipinski definition) is 2. The highest BCUT2D eigenvalue weighted by molar-refractivity contribution is 7.89. The van der Waals surface area contributed by atoms with Crippen LogP contribution in [0, 0.1) is 6.92 Å². The lowest BCUT2D eigenvalue weighted by molar-refractivity contribution is -0.120. The van der Waals surface area contributed by atoms with Crippen LogP contribution in [0.15, 0.2) is 47.4 Å². The first-order valence-electron chi connectivity index (χ1n) is 7.55. The lowest BCUT2D eigenvalue weighted by Crippen LogP contribution is -2.35. The Morgan fingerprint density at radius 1 is 1.00 bits per heavy atom. The molecule has 0 aliphatic rings. The number of nitrogens with one attached hydrogen (secondary N) is 2. The van der Waals surface area contributed by atoms with E-state index in [1.54, 1.807) is 30.3 Å². The zero-order valence-corrected chi connectivity index (χ0v) is 15.9. The van der Waals surface area contributed by atoms with E-state index in [4.69, 9.17) is 23.2 Å². The van der Waals surface area contributed by atoms with Crippen LogP contribution in [0.3, 0.4) is 0 Å². The molecular formula is C17H18Cl2N2O3S. The molecule has 0 saturated carbocycles. The number of sulfonamides is 1. The van der Waals surface area contributed by atoms with Gasteiger partial charge in [0.25, 0.3) is 0 Å². The zero-order valence-electron chi connectivity index (χ0n) is 13.6. The van der Waals surface area contributed by atoms with Crippen LogP contribution >= 0.6 is 23.2 Å². The zero-order chi connectivity index (χ0) is 18.4. The Bertz CT molecular complexity index is 832. The van der Waals surface area contributed by atoms with Gasteiger partial charge in [0, 0.05) is 23.1 Å². The molecule has 0 saturated heterocycles. The molecule has 0 heterocycles. The lowest BCUT2D eigenvalue weighted by atomic mass is 10.1. The maximum Gasteiger partial charge on any atom is 0.240 e. The highest BCUT2D eigenvalue weighted by Gasteiger charge is 2.14. The molecular weight excluding hydrogens is 383 g/mol. The van der Waals surface area contributed by atoms with Crippen molar-refractivity contribution >= 4 is 39.1 Å². The van der Waals surface area contributed by atoms with Crippen LogP contribution in [0.25, 0.3) is 0 Å². The fourth-order valence-electron chi connectivity index (χ4n) is 2.11. The third-order valence-corrected chi connectivity index (χ3v) is 5.65. The SMILES string of the molecule is Cc1ccc(S(=O)(=O)NCCNC(=O)Cc2c(Cl)cccc2Cl)cc1. The van der Waals surface area contributed by atoms with Crippen LogP contribution in [0.1, 0.15) is 11.1 Å². The average molecular weight is 401 g/mol. The molecule has 134 valence electrons. The second kappa shape index (κ2) is 8.67. The molecule has 2 rings (SSSR count). The molecule has 2 aromatic carbocycles. The standard InChI is InChI=1S/C17H18Cl2N2O3S/c1-12-5-7-13(8-6-12)25(23,24)21-10-9-20-17(22)11-14-15(18)3-2-4-16(14)19/h2-8,21H,9-11H2,1H3,(H,20,22). The van der Waals surface area contributed by atoms with Crippen molar-refractivity contribution in [2.24, 2.45) is 0 Å². The van der Waals surface area contributed by atoms with Crippen LogP contribution in [-0.2, 0) is 21.2 Å². The number of aryl methyl sites for hydroxylation is 1. The van der Waals surface area contributed by atoms with E-state index >= 15 is 0 Å². The topological polar surface area (TPSA) is 75.3 Å². The van der Waals surface area contributed by atoms with Gasteiger partial charge >= 0.3 is 0 Å². The Morgan fingerprint density at radius 3 is 2.20 bits per heavy atom. The number of benzene rings is 2. The van der Waals surface area contributed by atoms with Gasteiger partial charge < -0.3 is 5.32 Å². The van der Waals surface area contributed by atoms with Crippen LogP contribution < -0.4 is 10.0 Å². The molecule has 0 aromatic heterocycles. The summed E-state index contributed by atoms with van der Waals surface area (Å²) in [5, 5.41) is 3.47. The van der Waals surface area contributed by atoms with E-state index in [2.05, 4.69) is 10.0 Å². The summed E-state index contributed by atoms with van der Waals surface area (Å²) < 4.78 is 26.7. The van der Waals surface area contributed by atoms with Gasteiger partial charge in [-0.2, -0.15) is 0 Å². The highest BCUT2D eigenvalue weighted by Crippen LogP contribution is 2.24. The predicted molar refractivity (Wildman–Crippen MR) is 99.5 cm³/mol. The first kappa shape index (κ1) is 19.7. The number of halogens is 2. The minimum Gasteiger partial charge on any atom is -0.354 e. The third-order valence-electron chi connectivity index (χ3n) is 3.47. The van der Waals surface area contributed by atoms with Crippen molar-refractivity contribution in [1.29, 1.82) is 0 Å². The molecule has 8 heteroatoms. The molecule has 0 aliphatic heterocycles. The summed E-state index contributed by atoms with van der Waals surface area (Å²) >= 11 is 12.0. The van der Waals surface area contributed by atoms with Gasteiger partial charge in [-0.15, -0.1) is 0 Å². The van der Waals surface area contributed by atoms with Crippen LogP contribution in [0.2, 0.25) is 10.0 Å². The number of carbonyl (C=O) groups is 1. The predicted octanol–water partition coefficient (Wildman–Crippen LogP) is 2.94. The molecule has 25 heavy (non-hydrogen) atoms. The molecule has 0 bridgehead atoms. The van der Waals surface area contributed by atoms with Crippen LogP contribution in [0.4, 0.5) is 0 Å². The molecule has 0 radical (unpaired) electrons. The number of rotatable bonds is 7. The van der Waals surface area contributed by atoms with Crippen molar-refractivity contribution in [1.82, 2.24) is 10.0 Å². The Labute approximate surface area is 157 Å². The Balaban J connectivity index is 1.82. The summed E-state index contributed by atoms with van der Waals surface area (Å²) in [5.41, 5.74) is 1.52. The maximum atomic E-state index is 12.1. The molecule has 0 aliphatic carbocycles. The molecule has 1 amide bonds. The molecule has 0 fully saturated rings. The van der Waals surface area contributed by atoms with Gasteiger partial charge in [0.05, 0.1) is 11.3 Å². The van der Waals surface area contributed by atoms with Gasteiger partial charge in [-0.1, -0.05) is 47.0 Å². The van der Waals surface area contributed by atoms with Crippen molar-refractivity contribution in [2.75, 3.05) is 13.1 Å². The van der Waals surface area contributed by atoms with Crippen molar-refractivity contribution < 1.29 is 13.2 Å². The van der Waals surface area contributed by atoms with E-state index in [9.17, 15) is 13.2 Å². The van der Waals surface area contributed by atoms with E-state index in [1.807, 2.05) is 6.92 Å². The number of hydrogen-bond acceptors (Lipinski definition) is 3. The highest BCUT2D eigenvalue weighted by atomic mass is 35.5. The smallest absolute Gasteiger partial charge is 0.240 e.